The van der Waals surface area contributed by atoms with Crippen LogP contribution in [-0.2, 0) is 0 Å². The lowest BCUT2D eigenvalue weighted by Gasteiger charge is -2.21. The SMILES string of the molecule is COc1ccc(C(C)N[C@H](C)c2cccc(C)c2)cc1F. The van der Waals surface area contributed by atoms with E-state index in [1.165, 1.54) is 24.3 Å². The van der Waals surface area contributed by atoms with E-state index >= 15 is 0 Å². The minimum absolute atomic E-state index is 0.0564. The van der Waals surface area contributed by atoms with Crippen molar-refractivity contribution in [2.45, 2.75) is 32.9 Å². The summed E-state index contributed by atoms with van der Waals surface area (Å²) in [4.78, 5) is 0. The zero-order valence-corrected chi connectivity index (χ0v) is 13.0. The second-order valence-corrected chi connectivity index (χ2v) is 5.42. The van der Waals surface area contributed by atoms with Crippen molar-refractivity contribution in [1.29, 1.82) is 0 Å². The topological polar surface area (TPSA) is 21.3 Å². The fourth-order valence-electron chi connectivity index (χ4n) is 2.46. The molecule has 112 valence electrons. The molecule has 0 aliphatic rings. The van der Waals surface area contributed by atoms with Gasteiger partial charge in [-0.15, -0.1) is 0 Å². The zero-order valence-electron chi connectivity index (χ0n) is 13.0. The van der Waals surface area contributed by atoms with Crippen molar-refractivity contribution in [2.24, 2.45) is 0 Å². The lowest BCUT2D eigenvalue weighted by Crippen LogP contribution is -2.22. The van der Waals surface area contributed by atoms with Gasteiger partial charge in [0.2, 0.25) is 0 Å². The largest absolute Gasteiger partial charge is 0.494 e. The molecule has 2 nitrogen and oxygen atoms in total. The number of rotatable bonds is 5. The van der Waals surface area contributed by atoms with Crippen LogP contribution in [-0.4, -0.2) is 7.11 Å². The lowest BCUT2D eigenvalue weighted by atomic mass is 10.0. The van der Waals surface area contributed by atoms with E-state index in [0.29, 0.717) is 0 Å². The predicted molar refractivity (Wildman–Crippen MR) is 84.1 cm³/mol. The maximum Gasteiger partial charge on any atom is 0.165 e. The van der Waals surface area contributed by atoms with Gasteiger partial charge in [-0.3, -0.25) is 0 Å². The number of ether oxygens (including phenoxy) is 1. The normalized spacial score (nSPS) is 13.8. The van der Waals surface area contributed by atoms with E-state index in [1.54, 1.807) is 6.07 Å². The van der Waals surface area contributed by atoms with Crippen molar-refractivity contribution in [3.63, 3.8) is 0 Å². The number of nitrogens with one attached hydrogen (secondary N) is 1. The number of methoxy groups -OCH3 is 1. The van der Waals surface area contributed by atoms with Gasteiger partial charge in [-0.1, -0.05) is 35.9 Å². The molecule has 21 heavy (non-hydrogen) atoms. The van der Waals surface area contributed by atoms with Crippen molar-refractivity contribution in [3.05, 3.63) is 65.0 Å². The maximum atomic E-state index is 13.8. The number of aryl methyl sites for hydroxylation is 1. The lowest BCUT2D eigenvalue weighted by molar-refractivity contribution is 0.385. The predicted octanol–water partition coefficient (Wildman–Crippen LogP) is 4.55. The molecule has 0 fully saturated rings. The molecule has 0 aromatic heterocycles. The number of halogens is 1. The number of benzene rings is 2. The van der Waals surface area contributed by atoms with Crippen LogP contribution in [0.4, 0.5) is 4.39 Å². The van der Waals surface area contributed by atoms with E-state index in [-0.39, 0.29) is 23.7 Å². The molecule has 2 aromatic rings. The third kappa shape index (κ3) is 3.82. The molecule has 0 bridgehead atoms. The van der Waals surface area contributed by atoms with Crippen LogP contribution >= 0.6 is 0 Å². The Morgan fingerprint density at radius 3 is 2.24 bits per heavy atom. The molecule has 0 spiro atoms. The molecule has 1 N–H and O–H groups in total. The van der Waals surface area contributed by atoms with Crippen molar-refractivity contribution in [3.8, 4) is 5.75 Å². The van der Waals surface area contributed by atoms with Crippen LogP contribution in [0.25, 0.3) is 0 Å². The molecule has 2 rings (SSSR count). The molecule has 0 heterocycles. The molecule has 0 amide bonds. The first-order valence-corrected chi connectivity index (χ1v) is 7.17. The maximum absolute atomic E-state index is 13.8. The van der Waals surface area contributed by atoms with Gasteiger partial charge in [0.1, 0.15) is 0 Å². The number of hydrogen-bond acceptors (Lipinski definition) is 2. The van der Waals surface area contributed by atoms with Gasteiger partial charge in [-0.25, -0.2) is 4.39 Å². The van der Waals surface area contributed by atoms with Gasteiger partial charge in [-0.2, -0.15) is 0 Å². The van der Waals surface area contributed by atoms with Crippen LogP contribution in [0.1, 0.15) is 42.6 Å². The summed E-state index contributed by atoms with van der Waals surface area (Å²) in [6.07, 6.45) is 0. The van der Waals surface area contributed by atoms with Crippen LogP contribution < -0.4 is 10.1 Å². The number of hydrogen-bond donors (Lipinski definition) is 1. The van der Waals surface area contributed by atoms with Crippen LogP contribution in [0.5, 0.6) is 5.75 Å². The second-order valence-electron chi connectivity index (χ2n) is 5.42. The molecule has 3 heteroatoms. The van der Waals surface area contributed by atoms with Gasteiger partial charge >= 0.3 is 0 Å². The molecule has 0 aliphatic heterocycles. The van der Waals surface area contributed by atoms with E-state index < -0.39 is 0 Å². The Bertz CT molecular complexity index is 612. The molecular formula is C18H22FNO. The van der Waals surface area contributed by atoms with Crippen LogP contribution in [0.3, 0.4) is 0 Å². The third-order valence-corrected chi connectivity index (χ3v) is 3.72. The zero-order chi connectivity index (χ0) is 15.4. The first-order chi connectivity index (χ1) is 10.0. The standard InChI is InChI=1S/C18H22FNO/c1-12-6-5-7-15(10-12)13(2)20-14(3)16-8-9-18(21-4)17(19)11-16/h5-11,13-14,20H,1-4H3/t13-,14?/m1/s1. The molecule has 2 aromatic carbocycles. The Balaban J connectivity index is 2.10. The van der Waals surface area contributed by atoms with Crippen molar-refractivity contribution < 1.29 is 9.13 Å². The highest BCUT2D eigenvalue weighted by atomic mass is 19.1. The van der Waals surface area contributed by atoms with Gasteiger partial charge in [0, 0.05) is 12.1 Å². The Labute approximate surface area is 126 Å². The van der Waals surface area contributed by atoms with Gasteiger partial charge < -0.3 is 10.1 Å². The summed E-state index contributed by atoms with van der Waals surface area (Å²) >= 11 is 0. The summed E-state index contributed by atoms with van der Waals surface area (Å²) in [6.45, 7) is 6.23. The first kappa shape index (κ1) is 15.5. The fraction of sp³-hybridized carbons (Fsp3) is 0.333. The molecule has 1 unspecified atom stereocenters. The van der Waals surface area contributed by atoms with Gasteiger partial charge in [0.05, 0.1) is 7.11 Å². The highest BCUT2D eigenvalue weighted by molar-refractivity contribution is 5.31. The van der Waals surface area contributed by atoms with Gasteiger partial charge in [0.25, 0.3) is 0 Å². The highest BCUT2D eigenvalue weighted by Gasteiger charge is 2.13. The van der Waals surface area contributed by atoms with Gasteiger partial charge in [0.15, 0.2) is 11.6 Å². The fourth-order valence-corrected chi connectivity index (χ4v) is 2.46. The Hall–Kier alpha value is -1.87. The van der Waals surface area contributed by atoms with E-state index in [9.17, 15) is 4.39 Å². The second kappa shape index (κ2) is 6.72. The van der Waals surface area contributed by atoms with E-state index in [0.717, 1.165) is 5.56 Å². The quantitative estimate of drug-likeness (QED) is 0.870. The van der Waals surface area contributed by atoms with E-state index in [2.05, 4.69) is 43.4 Å². The summed E-state index contributed by atoms with van der Waals surface area (Å²) in [5.74, 6) is -0.0514. The average molecular weight is 287 g/mol. The van der Waals surface area contributed by atoms with Crippen molar-refractivity contribution >= 4 is 0 Å². The van der Waals surface area contributed by atoms with Crippen LogP contribution in [0, 0.1) is 12.7 Å². The molecule has 0 saturated carbocycles. The molecular weight excluding hydrogens is 265 g/mol. The summed E-state index contributed by atoms with van der Waals surface area (Å²) in [7, 11) is 1.47. The summed E-state index contributed by atoms with van der Waals surface area (Å²) in [6, 6.07) is 13.7. The highest BCUT2D eigenvalue weighted by Crippen LogP contribution is 2.24. The van der Waals surface area contributed by atoms with E-state index in [4.69, 9.17) is 4.74 Å². The minimum Gasteiger partial charge on any atom is -0.494 e. The van der Waals surface area contributed by atoms with Crippen molar-refractivity contribution in [1.82, 2.24) is 5.32 Å². The Morgan fingerprint density at radius 2 is 1.67 bits per heavy atom. The summed E-state index contributed by atoms with van der Waals surface area (Å²) in [5, 5.41) is 3.50. The first-order valence-electron chi connectivity index (χ1n) is 7.17. The van der Waals surface area contributed by atoms with E-state index in [1.807, 2.05) is 13.0 Å². The molecule has 0 saturated heterocycles. The monoisotopic (exact) mass is 287 g/mol. The summed E-state index contributed by atoms with van der Waals surface area (Å²) in [5.41, 5.74) is 3.38. The van der Waals surface area contributed by atoms with Crippen LogP contribution in [0.15, 0.2) is 42.5 Å². The van der Waals surface area contributed by atoms with Crippen molar-refractivity contribution in [2.75, 3.05) is 7.11 Å². The van der Waals surface area contributed by atoms with Crippen LogP contribution in [0.2, 0.25) is 0 Å². The Kier molecular flexibility index (Phi) is 4.97. The third-order valence-electron chi connectivity index (χ3n) is 3.72. The molecule has 2 atom stereocenters. The molecule has 0 radical (unpaired) electrons. The smallest absolute Gasteiger partial charge is 0.165 e. The molecule has 0 aliphatic carbocycles. The Morgan fingerprint density at radius 1 is 1.00 bits per heavy atom. The summed E-state index contributed by atoms with van der Waals surface area (Å²) < 4.78 is 18.7. The average Bonchev–Trinajstić information content (AvgIpc) is 2.47. The minimum atomic E-state index is -0.327. The van der Waals surface area contributed by atoms with Gasteiger partial charge in [-0.05, 0) is 44.0 Å².